The zero-order valence-electron chi connectivity index (χ0n) is 12.2. The fraction of sp³-hybridized carbons (Fsp3) is 0.692. The van der Waals surface area contributed by atoms with Crippen molar-refractivity contribution in [2.75, 3.05) is 5.32 Å². The van der Waals surface area contributed by atoms with Gasteiger partial charge in [0, 0.05) is 24.7 Å². The van der Waals surface area contributed by atoms with Gasteiger partial charge in [-0.25, -0.2) is 4.68 Å². The number of halogens is 4. The van der Waals surface area contributed by atoms with Gasteiger partial charge in [-0.3, -0.25) is 4.79 Å². The molecule has 0 atom stereocenters. The number of alkyl halides is 3. The molecule has 1 aromatic heterocycles. The van der Waals surface area contributed by atoms with Crippen LogP contribution in [0.4, 0.5) is 19.0 Å². The van der Waals surface area contributed by atoms with Crippen LogP contribution in [0, 0.1) is 0 Å². The van der Waals surface area contributed by atoms with E-state index in [2.05, 4.69) is 10.4 Å². The Bertz CT molecular complexity index is 553. The molecule has 0 aromatic carbocycles. The first-order valence-electron chi connectivity index (χ1n) is 7.02. The lowest BCUT2D eigenvalue weighted by atomic mass is 9.92. The Morgan fingerprint density at radius 1 is 1.36 bits per heavy atom. The Morgan fingerprint density at radius 3 is 2.45 bits per heavy atom. The van der Waals surface area contributed by atoms with Crippen LogP contribution in [0.25, 0.3) is 0 Å². The summed E-state index contributed by atoms with van der Waals surface area (Å²) in [4.78, 5) is 11.7. The third kappa shape index (κ3) is 4.36. The smallest absolute Gasteiger partial charge is 0.366 e. The number of hydrogen-bond donors (Lipinski definition) is 2. The number of anilines is 1. The number of nitrogens with zero attached hydrogens (tertiary/aromatic N) is 2. The van der Waals surface area contributed by atoms with Crippen molar-refractivity contribution in [3.8, 4) is 0 Å². The molecule has 0 spiro atoms. The lowest BCUT2D eigenvalue weighted by Crippen LogP contribution is -2.35. The standard InChI is InChI=1S/C13H19F3N4O.ClH/c1-2-20-12(21)10(13(14,15)16)7-11(19-20)18-9-5-3-8(17)4-6-9;/h7-9H,2-6,17H2,1H3,(H,18,19);1H. The van der Waals surface area contributed by atoms with E-state index in [-0.39, 0.29) is 36.9 Å². The number of nitrogens with two attached hydrogens (primary N) is 1. The van der Waals surface area contributed by atoms with E-state index in [1.165, 1.54) is 0 Å². The molecule has 2 rings (SSSR count). The van der Waals surface area contributed by atoms with Gasteiger partial charge in [-0.15, -0.1) is 12.4 Å². The molecular formula is C13H20ClF3N4O. The molecule has 1 aliphatic rings. The Balaban J connectivity index is 0.00000242. The Labute approximate surface area is 132 Å². The van der Waals surface area contributed by atoms with Crippen LogP contribution in [0.2, 0.25) is 0 Å². The summed E-state index contributed by atoms with van der Waals surface area (Å²) >= 11 is 0. The van der Waals surface area contributed by atoms with Crippen LogP contribution in [-0.4, -0.2) is 21.9 Å². The maximum absolute atomic E-state index is 12.9. The average Bonchev–Trinajstić information content (AvgIpc) is 2.42. The van der Waals surface area contributed by atoms with Crippen molar-refractivity contribution in [1.82, 2.24) is 9.78 Å². The molecule has 0 radical (unpaired) electrons. The summed E-state index contributed by atoms with van der Waals surface area (Å²) in [6.45, 7) is 1.67. The highest BCUT2D eigenvalue weighted by molar-refractivity contribution is 5.85. The number of nitrogens with one attached hydrogen (secondary N) is 1. The van der Waals surface area contributed by atoms with Crippen LogP contribution in [0.5, 0.6) is 0 Å². The summed E-state index contributed by atoms with van der Waals surface area (Å²) in [5.74, 6) is 0.0873. The SMILES string of the molecule is CCn1nc(NC2CCC(N)CC2)cc(C(F)(F)F)c1=O.Cl. The van der Waals surface area contributed by atoms with Crippen molar-refractivity contribution in [1.29, 1.82) is 0 Å². The molecule has 0 bridgehead atoms. The van der Waals surface area contributed by atoms with Crippen LogP contribution in [-0.2, 0) is 12.7 Å². The molecule has 1 fully saturated rings. The van der Waals surface area contributed by atoms with E-state index in [1.807, 2.05) is 0 Å². The number of hydrogen-bond acceptors (Lipinski definition) is 4. The number of rotatable bonds is 3. The first-order valence-corrected chi connectivity index (χ1v) is 7.02. The molecule has 126 valence electrons. The Hall–Kier alpha value is -1.28. The molecule has 22 heavy (non-hydrogen) atoms. The lowest BCUT2D eigenvalue weighted by molar-refractivity contribution is -0.139. The van der Waals surface area contributed by atoms with Crippen LogP contribution in [0.3, 0.4) is 0 Å². The van der Waals surface area contributed by atoms with Crippen molar-refractivity contribution < 1.29 is 13.2 Å². The van der Waals surface area contributed by atoms with Gasteiger partial charge in [0.1, 0.15) is 11.4 Å². The van der Waals surface area contributed by atoms with E-state index in [0.29, 0.717) is 0 Å². The molecule has 0 amide bonds. The summed E-state index contributed by atoms with van der Waals surface area (Å²) in [7, 11) is 0. The van der Waals surface area contributed by atoms with Crippen molar-refractivity contribution in [3.05, 3.63) is 22.0 Å². The van der Waals surface area contributed by atoms with Crippen LogP contribution in [0.1, 0.15) is 38.2 Å². The average molecular weight is 341 g/mol. The molecule has 5 nitrogen and oxygen atoms in total. The third-order valence-electron chi connectivity index (χ3n) is 3.70. The highest BCUT2D eigenvalue weighted by Gasteiger charge is 2.35. The second kappa shape index (κ2) is 7.32. The van der Waals surface area contributed by atoms with Crippen LogP contribution < -0.4 is 16.6 Å². The minimum atomic E-state index is -4.68. The van der Waals surface area contributed by atoms with Gasteiger partial charge >= 0.3 is 6.18 Å². The van der Waals surface area contributed by atoms with E-state index < -0.39 is 17.3 Å². The molecule has 1 aromatic rings. The van der Waals surface area contributed by atoms with Gasteiger partial charge < -0.3 is 11.1 Å². The fourth-order valence-corrected chi connectivity index (χ4v) is 2.50. The minimum Gasteiger partial charge on any atom is -0.366 e. The van der Waals surface area contributed by atoms with Gasteiger partial charge in [-0.05, 0) is 32.6 Å². The molecule has 1 saturated carbocycles. The van der Waals surface area contributed by atoms with E-state index in [0.717, 1.165) is 36.4 Å². The molecule has 0 saturated heterocycles. The Kier molecular flexibility index (Phi) is 6.25. The normalized spacial score (nSPS) is 22.0. The second-order valence-electron chi connectivity index (χ2n) is 5.32. The predicted octanol–water partition coefficient (Wildman–Crippen LogP) is 2.39. The van der Waals surface area contributed by atoms with E-state index >= 15 is 0 Å². The lowest BCUT2D eigenvalue weighted by Gasteiger charge is -2.27. The number of aryl methyl sites for hydroxylation is 1. The van der Waals surface area contributed by atoms with Crippen molar-refractivity contribution >= 4 is 18.2 Å². The summed E-state index contributed by atoms with van der Waals surface area (Å²) in [5, 5.41) is 6.93. The van der Waals surface area contributed by atoms with Crippen molar-refractivity contribution in [3.63, 3.8) is 0 Å². The van der Waals surface area contributed by atoms with Crippen molar-refractivity contribution in [2.45, 2.75) is 57.4 Å². The zero-order chi connectivity index (χ0) is 15.6. The van der Waals surface area contributed by atoms with E-state index in [9.17, 15) is 18.0 Å². The molecule has 1 aliphatic carbocycles. The van der Waals surface area contributed by atoms with Gasteiger partial charge in [0.05, 0.1) is 0 Å². The monoisotopic (exact) mass is 340 g/mol. The van der Waals surface area contributed by atoms with E-state index in [4.69, 9.17) is 5.73 Å². The molecule has 0 aliphatic heterocycles. The first-order chi connectivity index (χ1) is 9.81. The maximum atomic E-state index is 12.9. The predicted molar refractivity (Wildman–Crippen MR) is 80.3 cm³/mol. The van der Waals surface area contributed by atoms with Gasteiger partial charge in [0.25, 0.3) is 5.56 Å². The molecule has 0 unspecified atom stereocenters. The quantitative estimate of drug-likeness (QED) is 0.886. The number of aromatic nitrogens is 2. The molecule has 1 heterocycles. The second-order valence-corrected chi connectivity index (χ2v) is 5.32. The Morgan fingerprint density at radius 2 is 1.95 bits per heavy atom. The molecule has 3 N–H and O–H groups in total. The summed E-state index contributed by atoms with van der Waals surface area (Å²) in [5.41, 5.74) is 3.50. The topological polar surface area (TPSA) is 72.9 Å². The molecule has 9 heteroatoms. The first kappa shape index (κ1) is 18.8. The summed E-state index contributed by atoms with van der Waals surface area (Å²) in [6.07, 6.45) is -1.44. The summed E-state index contributed by atoms with van der Waals surface area (Å²) < 4.78 is 39.5. The maximum Gasteiger partial charge on any atom is 0.421 e. The van der Waals surface area contributed by atoms with Crippen LogP contribution in [0.15, 0.2) is 10.9 Å². The zero-order valence-corrected chi connectivity index (χ0v) is 13.0. The highest BCUT2D eigenvalue weighted by atomic mass is 35.5. The van der Waals surface area contributed by atoms with Gasteiger partial charge in [-0.1, -0.05) is 0 Å². The largest absolute Gasteiger partial charge is 0.421 e. The van der Waals surface area contributed by atoms with Gasteiger partial charge in [0.15, 0.2) is 0 Å². The van der Waals surface area contributed by atoms with Crippen LogP contribution >= 0.6 is 12.4 Å². The van der Waals surface area contributed by atoms with Crippen molar-refractivity contribution in [2.24, 2.45) is 5.73 Å². The highest BCUT2D eigenvalue weighted by Crippen LogP contribution is 2.28. The third-order valence-corrected chi connectivity index (χ3v) is 3.70. The summed E-state index contributed by atoms with van der Waals surface area (Å²) in [6, 6.07) is 0.996. The van der Waals surface area contributed by atoms with E-state index in [1.54, 1.807) is 6.92 Å². The van der Waals surface area contributed by atoms with Gasteiger partial charge in [0.2, 0.25) is 0 Å². The fourth-order valence-electron chi connectivity index (χ4n) is 2.50. The minimum absolute atomic E-state index is 0. The van der Waals surface area contributed by atoms with Gasteiger partial charge in [-0.2, -0.15) is 18.3 Å². The molecular weight excluding hydrogens is 321 g/mol.